The molecule has 0 aliphatic heterocycles. The van der Waals surface area contributed by atoms with Crippen molar-refractivity contribution >= 4 is 23.4 Å². The van der Waals surface area contributed by atoms with Crippen molar-refractivity contribution in [2.75, 3.05) is 11.1 Å². The highest BCUT2D eigenvalue weighted by atomic mass is 32.2. The van der Waals surface area contributed by atoms with Gasteiger partial charge < -0.3 is 5.32 Å². The fourth-order valence-corrected chi connectivity index (χ4v) is 2.49. The van der Waals surface area contributed by atoms with Crippen molar-refractivity contribution in [1.29, 1.82) is 0 Å². The van der Waals surface area contributed by atoms with E-state index in [1.807, 2.05) is 24.3 Å². The van der Waals surface area contributed by atoms with Gasteiger partial charge in [-0.05, 0) is 17.7 Å². The van der Waals surface area contributed by atoms with Crippen LogP contribution in [0, 0.1) is 0 Å². The second kappa shape index (κ2) is 7.59. The molecule has 1 heterocycles. The minimum atomic E-state index is 0.0357. The van der Waals surface area contributed by atoms with Crippen LogP contribution in [-0.2, 0) is 10.5 Å². The molecule has 1 amide bonds. The van der Waals surface area contributed by atoms with E-state index >= 15 is 0 Å². The van der Waals surface area contributed by atoms with E-state index in [2.05, 4.69) is 22.4 Å². The second-order valence-corrected chi connectivity index (χ2v) is 5.18. The molecule has 1 aromatic heterocycles. The van der Waals surface area contributed by atoms with Crippen molar-refractivity contribution in [2.45, 2.75) is 12.2 Å². The maximum atomic E-state index is 11.7. The highest BCUT2D eigenvalue weighted by molar-refractivity contribution is 7.98. The van der Waals surface area contributed by atoms with E-state index in [-0.39, 0.29) is 5.91 Å². The first-order valence-corrected chi connectivity index (χ1v) is 7.31. The van der Waals surface area contributed by atoms with Gasteiger partial charge >= 0.3 is 0 Å². The zero-order valence-corrected chi connectivity index (χ0v) is 11.4. The number of rotatable bonds is 6. The van der Waals surface area contributed by atoms with Gasteiger partial charge in [0, 0.05) is 24.1 Å². The lowest BCUT2D eigenvalue weighted by molar-refractivity contribution is -0.115. The Hall–Kier alpha value is -1.81. The van der Waals surface area contributed by atoms with E-state index in [4.69, 9.17) is 0 Å². The number of anilines is 1. The molecule has 1 N–H and O–H groups in total. The Kier molecular flexibility index (Phi) is 5.44. The van der Waals surface area contributed by atoms with Crippen LogP contribution in [-0.4, -0.2) is 16.6 Å². The highest BCUT2D eigenvalue weighted by Crippen LogP contribution is 2.13. The topological polar surface area (TPSA) is 42.0 Å². The fourth-order valence-electron chi connectivity index (χ4n) is 1.59. The third-order valence-electron chi connectivity index (χ3n) is 2.53. The molecule has 2 aromatic rings. The standard InChI is InChI=1S/C15H16N2OS/c18-15(17-14-7-4-9-16-11-14)8-10-19-12-13-5-2-1-3-6-13/h1-7,9,11H,8,10,12H2,(H,17,18). The summed E-state index contributed by atoms with van der Waals surface area (Å²) in [7, 11) is 0. The van der Waals surface area contributed by atoms with E-state index in [0.717, 1.165) is 17.2 Å². The molecule has 0 bridgehead atoms. The highest BCUT2D eigenvalue weighted by Gasteiger charge is 2.02. The number of benzene rings is 1. The van der Waals surface area contributed by atoms with E-state index in [1.165, 1.54) is 5.56 Å². The molecule has 19 heavy (non-hydrogen) atoms. The van der Waals surface area contributed by atoms with Gasteiger partial charge in [-0.1, -0.05) is 30.3 Å². The van der Waals surface area contributed by atoms with Crippen molar-refractivity contribution in [2.24, 2.45) is 0 Å². The third kappa shape index (κ3) is 5.14. The first-order chi connectivity index (χ1) is 9.34. The van der Waals surface area contributed by atoms with Gasteiger partial charge in [-0.25, -0.2) is 0 Å². The van der Waals surface area contributed by atoms with Crippen LogP contribution in [0.2, 0.25) is 0 Å². The van der Waals surface area contributed by atoms with Gasteiger partial charge in [-0.2, -0.15) is 11.8 Å². The predicted molar refractivity (Wildman–Crippen MR) is 80.1 cm³/mol. The molecule has 0 saturated carbocycles. The number of carbonyl (C=O) groups excluding carboxylic acids is 1. The number of nitrogens with one attached hydrogen (secondary N) is 1. The van der Waals surface area contributed by atoms with Crippen LogP contribution in [0.4, 0.5) is 5.69 Å². The van der Waals surface area contributed by atoms with Crippen molar-refractivity contribution in [3.8, 4) is 0 Å². The summed E-state index contributed by atoms with van der Waals surface area (Å²) in [6.07, 6.45) is 3.85. The average molecular weight is 272 g/mol. The first-order valence-electron chi connectivity index (χ1n) is 6.16. The van der Waals surface area contributed by atoms with Crippen LogP contribution in [0.5, 0.6) is 0 Å². The average Bonchev–Trinajstić information content (AvgIpc) is 2.46. The largest absolute Gasteiger partial charge is 0.325 e. The Balaban J connectivity index is 1.65. The van der Waals surface area contributed by atoms with Crippen molar-refractivity contribution < 1.29 is 4.79 Å². The number of carbonyl (C=O) groups is 1. The number of hydrogen-bond donors (Lipinski definition) is 1. The summed E-state index contributed by atoms with van der Waals surface area (Å²) in [5.41, 5.74) is 2.04. The number of pyridine rings is 1. The first kappa shape index (κ1) is 13.6. The number of hydrogen-bond acceptors (Lipinski definition) is 3. The molecule has 0 atom stereocenters. The molecule has 2 rings (SSSR count). The molecule has 0 saturated heterocycles. The van der Waals surface area contributed by atoms with Gasteiger partial charge in [0.1, 0.15) is 0 Å². The fraction of sp³-hybridized carbons (Fsp3) is 0.200. The zero-order valence-electron chi connectivity index (χ0n) is 10.6. The Morgan fingerprint density at radius 3 is 2.74 bits per heavy atom. The quantitative estimate of drug-likeness (QED) is 0.820. The maximum Gasteiger partial charge on any atom is 0.225 e. The summed E-state index contributed by atoms with van der Waals surface area (Å²) in [5.74, 6) is 1.80. The van der Waals surface area contributed by atoms with Crippen LogP contribution in [0.3, 0.4) is 0 Å². The minimum Gasteiger partial charge on any atom is -0.325 e. The van der Waals surface area contributed by atoms with Crippen LogP contribution in [0.1, 0.15) is 12.0 Å². The summed E-state index contributed by atoms with van der Waals surface area (Å²) in [4.78, 5) is 15.6. The maximum absolute atomic E-state index is 11.7. The van der Waals surface area contributed by atoms with Gasteiger partial charge in [0.25, 0.3) is 0 Å². The number of thioether (sulfide) groups is 1. The summed E-state index contributed by atoms with van der Waals surface area (Å²) < 4.78 is 0. The molecule has 0 fully saturated rings. The predicted octanol–water partition coefficient (Wildman–Crippen LogP) is 3.34. The molecule has 0 unspecified atom stereocenters. The van der Waals surface area contributed by atoms with E-state index in [0.29, 0.717) is 6.42 Å². The summed E-state index contributed by atoms with van der Waals surface area (Å²) in [6, 6.07) is 13.9. The molecule has 0 aliphatic carbocycles. The summed E-state index contributed by atoms with van der Waals surface area (Å²) >= 11 is 1.77. The Morgan fingerprint density at radius 2 is 2.00 bits per heavy atom. The van der Waals surface area contributed by atoms with Crippen LogP contribution in [0.25, 0.3) is 0 Å². The number of amides is 1. The Morgan fingerprint density at radius 1 is 1.16 bits per heavy atom. The molecule has 98 valence electrons. The second-order valence-electron chi connectivity index (χ2n) is 4.08. The third-order valence-corrected chi connectivity index (χ3v) is 3.56. The molecule has 4 heteroatoms. The zero-order chi connectivity index (χ0) is 13.3. The van der Waals surface area contributed by atoms with E-state index in [1.54, 1.807) is 30.2 Å². The van der Waals surface area contributed by atoms with Gasteiger partial charge in [-0.3, -0.25) is 9.78 Å². The van der Waals surface area contributed by atoms with E-state index in [9.17, 15) is 4.79 Å². The van der Waals surface area contributed by atoms with Gasteiger partial charge in [0.05, 0.1) is 11.9 Å². The lowest BCUT2D eigenvalue weighted by Gasteiger charge is -2.04. The van der Waals surface area contributed by atoms with Crippen molar-refractivity contribution in [3.63, 3.8) is 0 Å². The van der Waals surface area contributed by atoms with Crippen molar-refractivity contribution in [1.82, 2.24) is 4.98 Å². The van der Waals surface area contributed by atoms with Gasteiger partial charge in [-0.15, -0.1) is 0 Å². The number of aromatic nitrogens is 1. The van der Waals surface area contributed by atoms with Crippen LogP contribution in [0.15, 0.2) is 54.9 Å². The van der Waals surface area contributed by atoms with Gasteiger partial charge in [0.2, 0.25) is 5.91 Å². The normalized spacial score (nSPS) is 10.1. The summed E-state index contributed by atoms with van der Waals surface area (Å²) in [6.45, 7) is 0. The van der Waals surface area contributed by atoms with Crippen LogP contribution >= 0.6 is 11.8 Å². The molecular formula is C15H16N2OS. The molecule has 3 nitrogen and oxygen atoms in total. The van der Waals surface area contributed by atoms with E-state index < -0.39 is 0 Å². The molecule has 1 aromatic carbocycles. The smallest absolute Gasteiger partial charge is 0.225 e. The SMILES string of the molecule is O=C(CCSCc1ccccc1)Nc1cccnc1. The molecular weight excluding hydrogens is 256 g/mol. The Labute approximate surface area is 117 Å². The molecule has 0 spiro atoms. The summed E-state index contributed by atoms with van der Waals surface area (Å²) in [5, 5.41) is 2.83. The monoisotopic (exact) mass is 272 g/mol. The Bertz CT molecular complexity index is 502. The molecule has 0 aliphatic rings. The lowest BCUT2D eigenvalue weighted by Crippen LogP contribution is -2.12. The number of nitrogens with zero attached hydrogens (tertiary/aromatic N) is 1. The van der Waals surface area contributed by atoms with Crippen molar-refractivity contribution in [3.05, 3.63) is 60.4 Å². The van der Waals surface area contributed by atoms with Crippen LogP contribution < -0.4 is 5.32 Å². The molecule has 0 radical (unpaired) electrons. The minimum absolute atomic E-state index is 0.0357. The lowest BCUT2D eigenvalue weighted by atomic mass is 10.2. The van der Waals surface area contributed by atoms with Gasteiger partial charge in [0.15, 0.2) is 0 Å².